The molecule has 0 bridgehead atoms. The molecule has 3 saturated heterocycles. The largest absolute Gasteiger partial charge is 0.687 e. The first kappa shape index (κ1) is 59.0. The maximum atomic E-state index is 8.36. The summed E-state index contributed by atoms with van der Waals surface area (Å²) >= 11 is 0. The summed E-state index contributed by atoms with van der Waals surface area (Å²) in [4.78, 5) is 16.7. The van der Waals surface area contributed by atoms with Gasteiger partial charge in [-0.3, -0.25) is 0 Å². The van der Waals surface area contributed by atoms with Crippen molar-refractivity contribution in [3.8, 4) is 0 Å². The molecular weight excluding hydrogens is 783 g/mol. The van der Waals surface area contributed by atoms with Gasteiger partial charge in [-0.1, -0.05) is 38.0 Å². The van der Waals surface area contributed by atoms with Gasteiger partial charge in [0.1, 0.15) is 0 Å². The average molecular weight is 836 g/mol. The predicted octanol–water partition coefficient (Wildman–Crippen LogP) is -1.05. The van der Waals surface area contributed by atoms with Gasteiger partial charge in [0.2, 0.25) is 23.6 Å². The molecule has 4 aliphatic rings. The van der Waals surface area contributed by atoms with Crippen LogP contribution in [0.5, 0.6) is 0 Å². The van der Waals surface area contributed by atoms with E-state index in [4.69, 9.17) is 39.5 Å². The van der Waals surface area contributed by atoms with Crippen molar-refractivity contribution in [3.05, 3.63) is 83.4 Å². The van der Waals surface area contributed by atoms with E-state index < -0.39 is 10.2 Å². The molecule has 284 valence electrons. The Morgan fingerprint density at radius 3 is 1.34 bits per heavy atom. The second-order valence-corrected chi connectivity index (χ2v) is 9.68. The Kier molecular flexibility index (Phi) is 39.0. The Morgan fingerprint density at radius 1 is 0.660 bits per heavy atom. The van der Waals surface area contributed by atoms with Gasteiger partial charge in [0.25, 0.3) is 10.2 Å². The standard InChI is InChI=1S/C12H18N4O.C12H14N4O.2HNO3.6H2O.2Zn/c2*1-3-9(7-13-5-1)11-15-16-12(17-11)10-4-2-6-14-8-10;2*2-1(3)4;;;;;;;;/h9-10H,1-8H2;1,3,5,10H,2,4,6-8H2;2*(H,2,3,4);6*1H2;;/q2*-2;;;;;;;;;;/p+6. The molecule has 2 aromatic rings. The normalized spacial score (nSPS) is 19.5. The van der Waals surface area contributed by atoms with Crippen LogP contribution in [0.2, 0.25) is 0 Å². The molecule has 50 heavy (non-hydrogen) atoms. The van der Waals surface area contributed by atoms with Crippen LogP contribution in [-0.4, -0.2) is 86.8 Å². The van der Waals surface area contributed by atoms with Crippen LogP contribution in [0.25, 0.3) is 26.8 Å². The molecule has 0 amide bonds. The minimum Gasteiger partial charge on any atom is -0.687 e. The van der Waals surface area contributed by atoms with Crippen molar-refractivity contribution in [1.29, 1.82) is 0 Å². The molecule has 2 aromatic heterocycles. The first-order valence-electron chi connectivity index (χ1n) is 13.6. The summed E-state index contributed by atoms with van der Waals surface area (Å²) in [6.07, 6.45) is 12.4. The SMILES string of the molecule is C1=C[N-]CC(c2nnc(C3CCC[N-]C3)o2)=C1.C1C[N-]CC(c2nnc(C3CCC[N-]C3)o2)C1.O=[N+]([O-])O.O=[N+]([O-])O.[OH3+].[OH3+].[OH3+].[OH3+].[OH3+].[OH3+].[Zn].[Zn]. The fourth-order valence-electron chi connectivity index (χ4n) is 4.64. The summed E-state index contributed by atoms with van der Waals surface area (Å²) in [6.45, 7) is 6.05. The first-order valence-corrected chi connectivity index (χ1v) is 13.6. The predicted molar refractivity (Wildman–Crippen MR) is 176 cm³/mol. The van der Waals surface area contributed by atoms with Crippen molar-refractivity contribution >= 4 is 5.57 Å². The van der Waals surface area contributed by atoms with E-state index in [2.05, 4.69) is 41.7 Å². The summed E-state index contributed by atoms with van der Waals surface area (Å²) in [7, 11) is 0. The molecule has 0 saturated carbocycles. The molecule has 0 radical (unpaired) electrons. The number of nitrogens with zero attached hydrogens (tertiary/aromatic N) is 10. The maximum absolute atomic E-state index is 8.36. The van der Waals surface area contributed by atoms with E-state index in [0.29, 0.717) is 30.2 Å². The Hall–Kier alpha value is -3.15. The summed E-state index contributed by atoms with van der Waals surface area (Å²) in [5.74, 6) is 3.90. The minimum absolute atomic E-state index is 0. The van der Waals surface area contributed by atoms with Crippen molar-refractivity contribution in [1.82, 2.24) is 20.4 Å². The van der Waals surface area contributed by atoms with Crippen molar-refractivity contribution in [2.24, 2.45) is 0 Å². The number of allylic oxidation sites excluding steroid dienone is 2. The maximum Gasteiger partial charge on any atom is 0.291 e. The second-order valence-electron chi connectivity index (χ2n) is 9.68. The summed E-state index contributed by atoms with van der Waals surface area (Å²) in [5, 5.41) is 61.3. The average Bonchev–Trinajstić information content (AvgIpc) is 3.70. The molecule has 26 heteroatoms. The van der Waals surface area contributed by atoms with Crippen molar-refractivity contribution in [3.63, 3.8) is 0 Å². The van der Waals surface area contributed by atoms with E-state index in [1.165, 1.54) is 0 Å². The van der Waals surface area contributed by atoms with Crippen LogP contribution in [0.4, 0.5) is 0 Å². The smallest absolute Gasteiger partial charge is 0.291 e. The molecule has 4 aliphatic heterocycles. The number of piperidine rings is 3. The monoisotopic (exact) mass is 832 g/mol. The van der Waals surface area contributed by atoms with E-state index in [1.807, 2.05) is 12.2 Å². The van der Waals surface area contributed by atoms with Crippen LogP contribution < -0.4 is 0 Å². The van der Waals surface area contributed by atoms with E-state index in [0.717, 1.165) is 101 Å². The Labute approximate surface area is 311 Å². The van der Waals surface area contributed by atoms with Gasteiger partial charge in [-0.25, -0.2) is 0 Å². The molecule has 6 heterocycles. The van der Waals surface area contributed by atoms with Crippen LogP contribution in [-0.2, 0) is 71.8 Å². The molecule has 6 rings (SSSR count). The van der Waals surface area contributed by atoms with E-state index in [9.17, 15) is 0 Å². The molecule has 3 atom stereocenters. The zero-order valence-corrected chi connectivity index (χ0v) is 33.8. The zero-order chi connectivity index (χ0) is 30.2. The van der Waals surface area contributed by atoms with Crippen LogP contribution >= 0.6 is 0 Å². The number of aromatic nitrogens is 4. The van der Waals surface area contributed by atoms with Crippen LogP contribution in [0.1, 0.15) is 79.8 Å². The first-order chi connectivity index (χ1) is 20.3. The van der Waals surface area contributed by atoms with Gasteiger partial charge in [0, 0.05) is 56.7 Å². The van der Waals surface area contributed by atoms with Gasteiger partial charge < -0.3 is 73.4 Å². The number of hydrogen-bond acceptors (Lipinski definition) is 10. The molecule has 24 nitrogen and oxygen atoms in total. The van der Waals surface area contributed by atoms with Gasteiger partial charge in [-0.2, -0.15) is 6.20 Å². The molecular formula is C24H52N10O14Zn2+2. The molecule has 0 aromatic carbocycles. The fraction of sp³-hybridized carbons (Fsp3) is 0.667. The molecule has 20 N–H and O–H groups in total. The van der Waals surface area contributed by atoms with Crippen LogP contribution in [0, 0.1) is 20.2 Å². The van der Waals surface area contributed by atoms with Gasteiger partial charge in [0.05, 0.1) is 0 Å². The van der Waals surface area contributed by atoms with Crippen molar-refractivity contribution in [2.75, 3.05) is 45.8 Å². The zero-order valence-electron chi connectivity index (χ0n) is 27.9. The van der Waals surface area contributed by atoms with Crippen LogP contribution in [0.15, 0.2) is 27.2 Å². The third-order valence-electron chi connectivity index (χ3n) is 6.62. The van der Waals surface area contributed by atoms with E-state index in [-0.39, 0.29) is 71.8 Å². The Balaban J connectivity index is -0.000000141. The summed E-state index contributed by atoms with van der Waals surface area (Å²) in [6, 6.07) is 0. The third-order valence-corrected chi connectivity index (χ3v) is 6.62. The third kappa shape index (κ3) is 21.8. The van der Waals surface area contributed by atoms with Crippen molar-refractivity contribution < 1.29 is 101 Å². The van der Waals surface area contributed by atoms with Crippen LogP contribution in [0.3, 0.4) is 0 Å². The minimum atomic E-state index is -1.50. The Morgan fingerprint density at radius 2 is 1.02 bits per heavy atom. The quantitative estimate of drug-likeness (QED) is 0.161. The fourth-order valence-corrected chi connectivity index (χ4v) is 4.64. The molecule has 3 fully saturated rings. The molecule has 3 unspecified atom stereocenters. The number of rotatable bonds is 4. The Bertz CT molecular complexity index is 1120. The van der Waals surface area contributed by atoms with Gasteiger partial charge in [-0.05, 0) is 24.8 Å². The van der Waals surface area contributed by atoms with Gasteiger partial charge in [0.15, 0.2) is 0 Å². The van der Waals surface area contributed by atoms with E-state index in [1.54, 1.807) is 6.20 Å². The second kappa shape index (κ2) is 33.0. The molecule has 0 aliphatic carbocycles. The van der Waals surface area contributed by atoms with Crippen molar-refractivity contribution in [2.45, 2.75) is 56.3 Å². The summed E-state index contributed by atoms with van der Waals surface area (Å²) < 4.78 is 11.5. The summed E-state index contributed by atoms with van der Waals surface area (Å²) in [5.41, 5.74) is 0.985. The topological polar surface area (TPSA) is 459 Å². The van der Waals surface area contributed by atoms with E-state index >= 15 is 0 Å². The van der Waals surface area contributed by atoms with Gasteiger partial charge in [-0.15, -0.1) is 79.9 Å². The number of hydrogen-bond donors (Lipinski definition) is 2. The molecule has 0 spiro atoms. The van der Waals surface area contributed by atoms with Gasteiger partial charge >= 0.3 is 0 Å².